The summed E-state index contributed by atoms with van der Waals surface area (Å²) in [6.07, 6.45) is 5.78. The summed E-state index contributed by atoms with van der Waals surface area (Å²) in [6.45, 7) is 0.284. The summed E-state index contributed by atoms with van der Waals surface area (Å²) in [6, 6.07) is 17.5. The number of nitrogens with one attached hydrogen (secondary N) is 1. The molecule has 176 valence electrons. The molecule has 0 radical (unpaired) electrons. The molecule has 0 bridgehead atoms. The van der Waals surface area contributed by atoms with Crippen molar-refractivity contribution in [2.45, 2.75) is 37.4 Å². The Kier molecular flexibility index (Phi) is 5.91. The molecule has 0 saturated heterocycles. The average molecular weight is 502 g/mol. The van der Waals surface area contributed by atoms with Crippen molar-refractivity contribution in [2.24, 2.45) is 0 Å². The molecule has 1 amide bonds. The number of carbonyl (C=O) groups is 1. The van der Waals surface area contributed by atoms with Gasteiger partial charge in [0.25, 0.3) is 5.56 Å². The van der Waals surface area contributed by atoms with E-state index in [9.17, 15) is 9.59 Å². The van der Waals surface area contributed by atoms with Gasteiger partial charge >= 0.3 is 0 Å². The Morgan fingerprint density at radius 3 is 2.83 bits per heavy atom. The molecule has 0 spiro atoms. The van der Waals surface area contributed by atoms with E-state index in [0.717, 1.165) is 57.9 Å². The maximum Gasteiger partial charge on any atom is 0.263 e. The second-order valence-electron chi connectivity index (χ2n) is 8.62. The fourth-order valence-electron chi connectivity index (χ4n) is 4.68. The van der Waals surface area contributed by atoms with Crippen LogP contribution in [0.15, 0.2) is 75.2 Å². The van der Waals surface area contributed by atoms with E-state index in [2.05, 4.69) is 5.32 Å². The summed E-state index contributed by atoms with van der Waals surface area (Å²) in [5.74, 6) is 0.680. The van der Waals surface area contributed by atoms with Crippen molar-refractivity contribution in [3.63, 3.8) is 0 Å². The van der Waals surface area contributed by atoms with Crippen LogP contribution >= 0.6 is 23.1 Å². The molecule has 8 heteroatoms. The summed E-state index contributed by atoms with van der Waals surface area (Å²) in [7, 11) is 0. The predicted octanol–water partition coefficient (Wildman–Crippen LogP) is 5.86. The van der Waals surface area contributed by atoms with Gasteiger partial charge in [-0.1, -0.05) is 48.2 Å². The number of aryl methyl sites for hydroxylation is 2. The lowest BCUT2D eigenvalue weighted by Gasteiger charge is -2.13. The highest BCUT2D eigenvalue weighted by atomic mass is 32.2. The summed E-state index contributed by atoms with van der Waals surface area (Å²) in [5, 5.41) is 6.35. The Morgan fingerprint density at radius 1 is 1.09 bits per heavy atom. The number of furan rings is 1. The molecule has 0 unspecified atom stereocenters. The Hall–Kier alpha value is -3.36. The summed E-state index contributed by atoms with van der Waals surface area (Å²) in [5.41, 5.74) is 1.88. The van der Waals surface area contributed by atoms with Gasteiger partial charge in [-0.25, -0.2) is 4.98 Å². The first kappa shape index (κ1) is 22.1. The van der Waals surface area contributed by atoms with E-state index in [1.165, 1.54) is 16.6 Å². The molecule has 6 nitrogen and oxygen atoms in total. The van der Waals surface area contributed by atoms with Crippen LogP contribution in [0.2, 0.25) is 0 Å². The zero-order chi connectivity index (χ0) is 23.8. The van der Waals surface area contributed by atoms with Crippen molar-refractivity contribution in [2.75, 3.05) is 11.1 Å². The lowest BCUT2D eigenvalue weighted by atomic mass is 9.97. The first-order valence-corrected chi connectivity index (χ1v) is 13.5. The maximum absolute atomic E-state index is 13.7. The number of hydrogen-bond donors (Lipinski definition) is 1. The van der Waals surface area contributed by atoms with Gasteiger partial charge in [0, 0.05) is 16.0 Å². The van der Waals surface area contributed by atoms with Crippen LogP contribution < -0.4 is 10.9 Å². The number of hydrogen-bond acceptors (Lipinski definition) is 6. The van der Waals surface area contributed by atoms with Gasteiger partial charge in [0.1, 0.15) is 10.6 Å². The van der Waals surface area contributed by atoms with Crippen LogP contribution in [0.25, 0.3) is 21.0 Å². The van der Waals surface area contributed by atoms with Crippen LogP contribution in [0.1, 0.15) is 29.0 Å². The van der Waals surface area contributed by atoms with Gasteiger partial charge in [-0.3, -0.25) is 14.2 Å². The highest BCUT2D eigenvalue weighted by Crippen LogP contribution is 2.35. The minimum Gasteiger partial charge on any atom is -0.467 e. The summed E-state index contributed by atoms with van der Waals surface area (Å²) >= 11 is 2.90. The van der Waals surface area contributed by atoms with E-state index < -0.39 is 0 Å². The highest BCUT2D eigenvalue weighted by molar-refractivity contribution is 7.99. The molecule has 1 N–H and O–H groups in total. The van der Waals surface area contributed by atoms with Gasteiger partial charge in [-0.15, -0.1) is 11.3 Å². The number of amides is 1. The van der Waals surface area contributed by atoms with E-state index >= 15 is 0 Å². The second kappa shape index (κ2) is 9.36. The van der Waals surface area contributed by atoms with Crippen molar-refractivity contribution in [1.82, 2.24) is 9.55 Å². The van der Waals surface area contributed by atoms with Gasteiger partial charge in [0.15, 0.2) is 5.16 Å². The number of fused-ring (bicyclic) bond motifs is 4. The van der Waals surface area contributed by atoms with Crippen molar-refractivity contribution >= 4 is 55.7 Å². The van der Waals surface area contributed by atoms with E-state index in [1.807, 2.05) is 54.6 Å². The second-order valence-corrected chi connectivity index (χ2v) is 10.6. The van der Waals surface area contributed by atoms with Gasteiger partial charge in [-0.05, 0) is 54.8 Å². The topological polar surface area (TPSA) is 77.1 Å². The van der Waals surface area contributed by atoms with Gasteiger partial charge in [0.05, 0.1) is 23.9 Å². The number of thioether (sulfide) groups is 1. The molecular weight excluding hydrogens is 478 g/mol. The fraction of sp³-hybridized carbons (Fsp3) is 0.222. The van der Waals surface area contributed by atoms with Gasteiger partial charge in [0.2, 0.25) is 5.91 Å². The van der Waals surface area contributed by atoms with Crippen LogP contribution in [-0.4, -0.2) is 21.2 Å². The lowest BCUT2D eigenvalue weighted by Crippen LogP contribution is -2.25. The minimum atomic E-state index is -0.143. The normalized spacial score (nSPS) is 13.3. The van der Waals surface area contributed by atoms with Crippen LogP contribution in [0.3, 0.4) is 0 Å². The Morgan fingerprint density at radius 2 is 1.94 bits per heavy atom. The van der Waals surface area contributed by atoms with E-state index in [0.29, 0.717) is 10.9 Å². The molecule has 2 aromatic carbocycles. The Balaban J connectivity index is 1.31. The van der Waals surface area contributed by atoms with Crippen LogP contribution in [-0.2, 0) is 24.2 Å². The third kappa shape index (κ3) is 4.28. The van der Waals surface area contributed by atoms with Crippen molar-refractivity contribution in [1.29, 1.82) is 0 Å². The van der Waals surface area contributed by atoms with Crippen LogP contribution in [0, 0.1) is 0 Å². The molecule has 35 heavy (non-hydrogen) atoms. The van der Waals surface area contributed by atoms with Crippen LogP contribution in [0.4, 0.5) is 5.69 Å². The molecule has 0 atom stereocenters. The molecule has 3 aromatic heterocycles. The van der Waals surface area contributed by atoms with Gasteiger partial charge < -0.3 is 9.73 Å². The third-order valence-corrected chi connectivity index (χ3v) is 8.49. The van der Waals surface area contributed by atoms with E-state index in [4.69, 9.17) is 9.40 Å². The van der Waals surface area contributed by atoms with Crippen molar-refractivity contribution in [3.05, 3.63) is 87.4 Å². The molecular formula is C27H23N3O3S2. The van der Waals surface area contributed by atoms with Gasteiger partial charge in [-0.2, -0.15) is 0 Å². The summed E-state index contributed by atoms with van der Waals surface area (Å²) < 4.78 is 7.18. The van der Waals surface area contributed by atoms with E-state index in [-0.39, 0.29) is 23.8 Å². The summed E-state index contributed by atoms with van der Waals surface area (Å²) in [4.78, 5) is 33.5. The molecule has 1 aliphatic carbocycles. The minimum absolute atomic E-state index is 0.0530. The first-order valence-electron chi connectivity index (χ1n) is 11.7. The largest absolute Gasteiger partial charge is 0.467 e. The number of aromatic nitrogens is 2. The molecule has 6 rings (SSSR count). The molecule has 0 fully saturated rings. The van der Waals surface area contributed by atoms with E-state index in [1.54, 1.807) is 22.2 Å². The average Bonchev–Trinajstić information content (AvgIpc) is 3.52. The number of rotatable bonds is 6. The number of anilines is 1. The van der Waals surface area contributed by atoms with Crippen molar-refractivity contribution < 1.29 is 9.21 Å². The first-order chi connectivity index (χ1) is 17.2. The Labute approximate surface area is 210 Å². The predicted molar refractivity (Wildman–Crippen MR) is 142 cm³/mol. The van der Waals surface area contributed by atoms with Crippen LogP contribution in [0.5, 0.6) is 0 Å². The zero-order valence-electron chi connectivity index (χ0n) is 19.0. The standard InChI is InChI=1S/C27H23N3O3S2/c31-23(28-21-12-5-8-17-7-1-2-10-19(17)21)16-34-27-29-25-24(20-11-3-4-13-22(20)35-25)26(32)30(27)15-18-9-6-14-33-18/h1-2,5-10,12,14H,3-4,11,13,15-16H2,(H,28,31). The molecule has 0 saturated carbocycles. The SMILES string of the molecule is O=C(CSc1nc2sc3c(c2c(=O)n1Cc1ccco1)CCCC3)Nc1cccc2ccccc12. The maximum atomic E-state index is 13.7. The zero-order valence-corrected chi connectivity index (χ0v) is 20.6. The Bertz CT molecular complexity index is 1600. The smallest absolute Gasteiger partial charge is 0.263 e. The fourth-order valence-corrected chi connectivity index (χ4v) is 6.78. The molecule has 3 heterocycles. The number of benzene rings is 2. The molecule has 1 aliphatic rings. The highest BCUT2D eigenvalue weighted by Gasteiger charge is 2.23. The molecule has 0 aliphatic heterocycles. The molecule has 5 aromatic rings. The third-order valence-electron chi connectivity index (χ3n) is 6.33. The number of thiophene rings is 1. The number of carbonyl (C=O) groups excluding carboxylic acids is 1. The lowest BCUT2D eigenvalue weighted by molar-refractivity contribution is -0.113. The number of nitrogens with zero attached hydrogens (tertiary/aromatic N) is 2. The monoisotopic (exact) mass is 501 g/mol. The quantitative estimate of drug-likeness (QED) is 0.233. The van der Waals surface area contributed by atoms with Crippen molar-refractivity contribution in [3.8, 4) is 0 Å².